The first kappa shape index (κ1) is 15.1. The van der Waals surface area contributed by atoms with E-state index in [1.54, 1.807) is 6.92 Å². The fourth-order valence-electron chi connectivity index (χ4n) is 2.30. The highest BCUT2D eigenvalue weighted by Crippen LogP contribution is 2.30. The Morgan fingerprint density at radius 2 is 2.09 bits per heavy atom. The summed E-state index contributed by atoms with van der Waals surface area (Å²) in [5, 5.41) is 11.3. The number of esters is 1. The smallest absolute Gasteiger partial charge is 0.348 e. The third-order valence-electron chi connectivity index (χ3n) is 3.30. The van der Waals surface area contributed by atoms with Crippen molar-refractivity contribution in [3.8, 4) is 0 Å². The van der Waals surface area contributed by atoms with Crippen molar-refractivity contribution in [1.82, 2.24) is 10.2 Å². The predicted molar refractivity (Wildman–Crippen MR) is 84.5 cm³/mol. The van der Waals surface area contributed by atoms with E-state index < -0.39 is 11.9 Å². The Hall–Kier alpha value is -1.80. The highest BCUT2D eigenvalue weighted by Gasteiger charge is 2.19. The molecule has 8 heteroatoms. The molecular formula is C14H15N3O3S2. The Morgan fingerprint density at radius 1 is 1.27 bits per heavy atom. The van der Waals surface area contributed by atoms with Gasteiger partial charge >= 0.3 is 5.97 Å². The molecule has 1 aliphatic carbocycles. The molecule has 0 saturated heterocycles. The van der Waals surface area contributed by atoms with E-state index in [0.717, 1.165) is 17.8 Å². The molecule has 0 spiro atoms. The van der Waals surface area contributed by atoms with Crippen molar-refractivity contribution in [2.24, 2.45) is 0 Å². The van der Waals surface area contributed by atoms with Crippen LogP contribution in [0.5, 0.6) is 0 Å². The molecule has 3 rings (SSSR count). The van der Waals surface area contributed by atoms with E-state index in [-0.39, 0.29) is 6.61 Å². The van der Waals surface area contributed by atoms with Crippen molar-refractivity contribution in [2.45, 2.75) is 32.6 Å². The molecule has 0 saturated carbocycles. The lowest BCUT2D eigenvalue weighted by Gasteiger charge is -2.08. The summed E-state index contributed by atoms with van der Waals surface area (Å²) in [6.45, 7) is 1.48. The van der Waals surface area contributed by atoms with Gasteiger partial charge in [0.25, 0.3) is 5.91 Å². The molecule has 0 radical (unpaired) electrons. The number of thiophene rings is 1. The quantitative estimate of drug-likeness (QED) is 0.867. The number of carbonyl (C=O) groups is 2. The standard InChI is InChI=1S/C14H15N3O3S2/c1-8-16-17-14(21-8)15-12(18)7-20-13(19)11-6-9-4-2-3-5-10(9)22-11/h6H,2-5,7H2,1H3,(H,15,17,18). The number of anilines is 1. The summed E-state index contributed by atoms with van der Waals surface area (Å²) in [6.07, 6.45) is 4.40. The van der Waals surface area contributed by atoms with Gasteiger partial charge in [-0.15, -0.1) is 21.5 Å². The second-order valence-corrected chi connectivity index (χ2v) is 7.34. The van der Waals surface area contributed by atoms with Crippen LogP contribution in [0.4, 0.5) is 5.13 Å². The van der Waals surface area contributed by atoms with Crippen LogP contribution < -0.4 is 5.32 Å². The number of carbonyl (C=O) groups excluding carboxylic acids is 2. The molecule has 0 atom stereocenters. The zero-order valence-electron chi connectivity index (χ0n) is 12.0. The average Bonchev–Trinajstić information content (AvgIpc) is 3.10. The van der Waals surface area contributed by atoms with Gasteiger partial charge in [-0.2, -0.15) is 0 Å². The molecule has 6 nitrogen and oxygen atoms in total. The van der Waals surface area contributed by atoms with E-state index in [1.807, 2.05) is 6.07 Å². The molecule has 1 amide bonds. The lowest BCUT2D eigenvalue weighted by molar-refractivity contribution is -0.119. The Morgan fingerprint density at radius 3 is 2.82 bits per heavy atom. The van der Waals surface area contributed by atoms with Gasteiger partial charge in [-0.05, 0) is 44.2 Å². The van der Waals surface area contributed by atoms with E-state index in [0.29, 0.717) is 10.0 Å². The molecule has 2 aromatic rings. The summed E-state index contributed by atoms with van der Waals surface area (Å²) < 4.78 is 5.06. The minimum atomic E-state index is -0.442. The second-order valence-electron chi connectivity index (χ2n) is 5.02. The number of hydrogen-bond donors (Lipinski definition) is 1. The summed E-state index contributed by atoms with van der Waals surface area (Å²) >= 11 is 2.75. The van der Waals surface area contributed by atoms with Crippen LogP contribution in [0, 0.1) is 6.92 Å². The Kier molecular flexibility index (Phi) is 4.49. The van der Waals surface area contributed by atoms with Gasteiger partial charge in [0.1, 0.15) is 9.88 Å². The first-order chi connectivity index (χ1) is 10.6. The maximum Gasteiger partial charge on any atom is 0.348 e. The fourth-order valence-corrected chi connectivity index (χ4v) is 4.05. The van der Waals surface area contributed by atoms with Gasteiger partial charge in [0, 0.05) is 4.88 Å². The summed E-state index contributed by atoms with van der Waals surface area (Å²) in [7, 11) is 0. The van der Waals surface area contributed by atoms with Crippen molar-refractivity contribution < 1.29 is 14.3 Å². The molecule has 0 unspecified atom stereocenters. The average molecular weight is 337 g/mol. The molecule has 1 N–H and O–H groups in total. The minimum absolute atomic E-state index is 0.319. The lowest BCUT2D eigenvalue weighted by Crippen LogP contribution is -2.20. The maximum absolute atomic E-state index is 12.0. The van der Waals surface area contributed by atoms with Crippen molar-refractivity contribution in [2.75, 3.05) is 11.9 Å². The third-order valence-corrected chi connectivity index (χ3v) is 5.28. The summed E-state index contributed by atoms with van der Waals surface area (Å²) in [6, 6.07) is 1.90. The van der Waals surface area contributed by atoms with Crippen LogP contribution in [0.1, 0.15) is 38.0 Å². The summed E-state index contributed by atoms with van der Waals surface area (Å²) in [5.74, 6) is -0.853. The zero-order valence-corrected chi connectivity index (χ0v) is 13.7. The number of hydrogen-bond acceptors (Lipinski definition) is 7. The van der Waals surface area contributed by atoms with E-state index in [9.17, 15) is 9.59 Å². The monoisotopic (exact) mass is 337 g/mol. The van der Waals surface area contributed by atoms with Crippen LogP contribution in [0.3, 0.4) is 0 Å². The number of nitrogens with zero attached hydrogens (tertiary/aromatic N) is 2. The van der Waals surface area contributed by atoms with Crippen LogP contribution in [-0.2, 0) is 22.4 Å². The first-order valence-electron chi connectivity index (χ1n) is 7.00. The second kappa shape index (κ2) is 6.53. The van der Waals surface area contributed by atoms with Crippen LogP contribution in [-0.4, -0.2) is 28.7 Å². The Balaban J connectivity index is 1.53. The number of amides is 1. The number of aryl methyl sites for hydroxylation is 3. The minimum Gasteiger partial charge on any atom is -0.451 e. The van der Waals surface area contributed by atoms with Crippen LogP contribution >= 0.6 is 22.7 Å². The zero-order chi connectivity index (χ0) is 15.5. The highest BCUT2D eigenvalue weighted by atomic mass is 32.1. The molecule has 22 heavy (non-hydrogen) atoms. The normalized spacial score (nSPS) is 13.5. The van der Waals surface area contributed by atoms with E-state index in [1.165, 1.54) is 46.0 Å². The molecule has 0 aliphatic heterocycles. The topological polar surface area (TPSA) is 81.2 Å². The number of nitrogens with one attached hydrogen (secondary N) is 1. The van der Waals surface area contributed by atoms with E-state index in [4.69, 9.17) is 4.74 Å². The largest absolute Gasteiger partial charge is 0.451 e. The number of aromatic nitrogens is 2. The summed E-state index contributed by atoms with van der Waals surface area (Å²) in [4.78, 5) is 25.6. The molecule has 1 aliphatic rings. The van der Waals surface area contributed by atoms with Gasteiger partial charge in [0.05, 0.1) is 0 Å². The Bertz CT molecular complexity index is 685. The highest BCUT2D eigenvalue weighted by molar-refractivity contribution is 7.15. The predicted octanol–water partition coefficient (Wildman–Crippen LogP) is 2.58. The van der Waals surface area contributed by atoms with E-state index in [2.05, 4.69) is 15.5 Å². The maximum atomic E-state index is 12.0. The summed E-state index contributed by atoms with van der Waals surface area (Å²) in [5.41, 5.74) is 1.25. The van der Waals surface area contributed by atoms with Gasteiger partial charge < -0.3 is 4.74 Å². The fraction of sp³-hybridized carbons (Fsp3) is 0.429. The molecule has 2 aromatic heterocycles. The first-order valence-corrected chi connectivity index (χ1v) is 8.64. The van der Waals surface area contributed by atoms with Crippen molar-refractivity contribution in [3.63, 3.8) is 0 Å². The molecule has 0 aromatic carbocycles. The SMILES string of the molecule is Cc1nnc(NC(=O)COC(=O)c2cc3c(s2)CCCC3)s1. The van der Waals surface area contributed by atoms with Gasteiger partial charge in [-0.3, -0.25) is 10.1 Å². The van der Waals surface area contributed by atoms with Crippen molar-refractivity contribution in [3.05, 3.63) is 26.4 Å². The number of ether oxygens (including phenoxy) is 1. The van der Waals surface area contributed by atoms with Crippen molar-refractivity contribution in [1.29, 1.82) is 0 Å². The number of rotatable bonds is 4. The Labute approximate surface area is 135 Å². The van der Waals surface area contributed by atoms with Gasteiger partial charge in [-0.25, -0.2) is 4.79 Å². The third kappa shape index (κ3) is 3.50. The van der Waals surface area contributed by atoms with Crippen LogP contribution in [0.25, 0.3) is 0 Å². The molecular weight excluding hydrogens is 322 g/mol. The van der Waals surface area contributed by atoms with Crippen LogP contribution in [0.15, 0.2) is 6.07 Å². The van der Waals surface area contributed by atoms with E-state index >= 15 is 0 Å². The van der Waals surface area contributed by atoms with Gasteiger partial charge in [0.15, 0.2) is 6.61 Å². The van der Waals surface area contributed by atoms with Crippen molar-refractivity contribution >= 4 is 39.7 Å². The number of fused-ring (bicyclic) bond motifs is 1. The van der Waals surface area contributed by atoms with Crippen LogP contribution in [0.2, 0.25) is 0 Å². The molecule has 116 valence electrons. The molecule has 2 heterocycles. The molecule has 0 bridgehead atoms. The molecule has 0 fully saturated rings. The van der Waals surface area contributed by atoms with Gasteiger partial charge in [0.2, 0.25) is 5.13 Å². The lowest BCUT2D eigenvalue weighted by atomic mass is 9.99. The van der Waals surface area contributed by atoms with Gasteiger partial charge in [-0.1, -0.05) is 11.3 Å².